The van der Waals surface area contributed by atoms with Gasteiger partial charge < -0.3 is 8.37 Å². The molecule has 1 aliphatic carbocycles. The SMILES string of the molecule is CCOSC(=O)SSC1(SSC(=O)SOCC)CCCCC1. The van der Waals surface area contributed by atoms with Crippen molar-refractivity contribution in [2.75, 3.05) is 13.2 Å². The molecule has 0 atom stereocenters. The van der Waals surface area contributed by atoms with Crippen molar-refractivity contribution in [1.82, 2.24) is 0 Å². The van der Waals surface area contributed by atoms with Gasteiger partial charge in [-0.25, -0.2) is 0 Å². The molecule has 0 aromatic rings. The number of rotatable bonds is 8. The molecule has 0 bridgehead atoms. The molecule has 22 heavy (non-hydrogen) atoms. The summed E-state index contributed by atoms with van der Waals surface area (Å²) in [5.41, 5.74) is 0. The summed E-state index contributed by atoms with van der Waals surface area (Å²) >= 11 is 1.79. The van der Waals surface area contributed by atoms with Gasteiger partial charge >= 0.3 is 0 Å². The average molecular weight is 421 g/mol. The van der Waals surface area contributed by atoms with E-state index in [-0.39, 0.29) is 13.0 Å². The first kappa shape index (κ1) is 21.4. The topological polar surface area (TPSA) is 52.6 Å². The maximum absolute atomic E-state index is 11.7. The normalized spacial score (nSPS) is 17.4. The molecule has 1 aliphatic rings. The molecule has 0 aliphatic heterocycles. The van der Waals surface area contributed by atoms with E-state index in [1.54, 1.807) is 21.6 Å². The molecule has 1 saturated carbocycles. The average Bonchev–Trinajstić information content (AvgIpc) is 2.55. The third kappa shape index (κ3) is 9.00. The van der Waals surface area contributed by atoms with Crippen LogP contribution in [0.15, 0.2) is 0 Å². The Balaban J connectivity index is 2.43. The highest BCUT2D eigenvalue weighted by atomic mass is 33.1. The first-order valence-corrected chi connectivity index (χ1v) is 12.8. The lowest BCUT2D eigenvalue weighted by molar-refractivity contribution is 0.274. The third-order valence-electron chi connectivity index (χ3n) is 2.63. The predicted molar refractivity (Wildman–Crippen MR) is 105 cm³/mol. The summed E-state index contributed by atoms with van der Waals surface area (Å²) in [6.45, 7) is 4.74. The van der Waals surface area contributed by atoms with Gasteiger partial charge in [0, 0.05) is 0 Å². The molecule has 0 radical (unpaired) electrons. The third-order valence-corrected chi connectivity index (χ3v) is 11.5. The van der Waals surface area contributed by atoms with Gasteiger partial charge in [-0.2, -0.15) is 0 Å². The van der Waals surface area contributed by atoms with Crippen molar-refractivity contribution in [2.45, 2.75) is 50.0 Å². The van der Waals surface area contributed by atoms with Crippen LogP contribution in [0.3, 0.4) is 0 Å². The summed E-state index contributed by atoms with van der Waals surface area (Å²) in [6.07, 6.45) is 5.53. The van der Waals surface area contributed by atoms with E-state index in [1.807, 2.05) is 13.8 Å². The highest BCUT2D eigenvalue weighted by molar-refractivity contribution is 8.93. The van der Waals surface area contributed by atoms with Gasteiger partial charge in [0.05, 0.1) is 41.4 Å². The quantitative estimate of drug-likeness (QED) is 0.232. The fourth-order valence-electron chi connectivity index (χ4n) is 1.73. The lowest BCUT2D eigenvalue weighted by atomic mass is 10.00. The maximum atomic E-state index is 11.7. The van der Waals surface area contributed by atoms with Crippen molar-refractivity contribution in [3.05, 3.63) is 0 Å². The van der Waals surface area contributed by atoms with Crippen molar-refractivity contribution < 1.29 is 18.0 Å². The second-order valence-corrected chi connectivity index (χ2v) is 11.6. The lowest BCUT2D eigenvalue weighted by Gasteiger charge is -2.34. The minimum atomic E-state index is -0.0849. The van der Waals surface area contributed by atoms with E-state index >= 15 is 0 Å². The summed E-state index contributed by atoms with van der Waals surface area (Å²) in [6, 6.07) is 0. The van der Waals surface area contributed by atoms with E-state index in [4.69, 9.17) is 8.37 Å². The van der Waals surface area contributed by atoms with E-state index in [1.165, 1.54) is 28.0 Å². The summed E-state index contributed by atoms with van der Waals surface area (Å²) in [7, 11) is 5.60. The predicted octanol–water partition coefficient (Wildman–Crippen LogP) is 7.02. The molecule has 4 nitrogen and oxygen atoms in total. The molecule has 0 unspecified atom stereocenters. The number of hydrogen-bond acceptors (Lipinski definition) is 10. The standard InChI is InChI=1S/C12H20O4S6/c1-3-15-17-10(13)19-21-12(8-6-5-7-9-12)22-20-11(14)18-16-4-2/h3-9H2,1-2H3. The Kier molecular flexibility index (Phi) is 12.3. The van der Waals surface area contributed by atoms with Crippen molar-refractivity contribution >= 4 is 76.2 Å². The summed E-state index contributed by atoms with van der Waals surface area (Å²) in [5, 5.41) is 0. The molecule has 0 spiro atoms. The maximum Gasteiger partial charge on any atom is 0.283 e. The van der Waals surface area contributed by atoms with Gasteiger partial charge in [-0.15, -0.1) is 0 Å². The Labute approximate surface area is 156 Å². The van der Waals surface area contributed by atoms with Crippen molar-refractivity contribution in [2.24, 2.45) is 0 Å². The number of carbonyl (C=O) groups excluding carboxylic acids is 2. The van der Waals surface area contributed by atoms with Gasteiger partial charge in [-0.05, 0) is 48.3 Å². The Morgan fingerprint density at radius 1 is 0.864 bits per heavy atom. The second-order valence-electron chi connectivity index (χ2n) is 4.28. The molecule has 0 saturated heterocycles. The van der Waals surface area contributed by atoms with E-state index in [0.29, 0.717) is 13.2 Å². The van der Waals surface area contributed by atoms with Crippen LogP contribution in [0.5, 0.6) is 0 Å². The minimum Gasteiger partial charge on any atom is -0.308 e. The van der Waals surface area contributed by atoms with Crippen LogP contribution in [0.1, 0.15) is 46.0 Å². The fraction of sp³-hybridized carbons (Fsp3) is 0.833. The Hall–Kier alpha value is 1.36. The van der Waals surface area contributed by atoms with E-state index in [0.717, 1.165) is 49.8 Å². The van der Waals surface area contributed by atoms with Crippen LogP contribution in [0.25, 0.3) is 0 Å². The van der Waals surface area contributed by atoms with Crippen LogP contribution in [0, 0.1) is 0 Å². The summed E-state index contributed by atoms with van der Waals surface area (Å²) in [4.78, 5) is 23.5. The molecule has 0 aromatic heterocycles. The molecule has 0 amide bonds. The van der Waals surface area contributed by atoms with E-state index < -0.39 is 0 Å². The Morgan fingerprint density at radius 2 is 1.32 bits per heavy atom. The van der Waals surface area contributed by atoms with Gasteiger partial charge in [0.2, 0.25) is 0 Å². The Bertz CT molecular complexity index is 323. The highest BCUT2D eigenvalue weighted by Gasteiger charge is 2.36. The second kappa shape index (κ2) is 12.7. The van der Waals surface area contributed by atoms with Crippen LogP contribution >= 0.6 is 67.3 Å². The van der Waals surface area contributed by atoms with Crippen molar-refractivity contribution in [3.63, 3.8) is 0 Å². The van der Waals surface area contributed by atoms with Gasteiger partial charge in [0.1, 0.15) is 0 Å². The van der Waals surface area contributed by atoms with Crippen LogP contribution in [-0.2, 0) is 8.37 Å². The zero-order valence-electron chi connectivity index (χ0n) is 12.5. The molecular weight excluding hydrogens is 401 g/mol. The number of hydrogen-bond donors (Lipinski definition) is 0. The monoisotopic (exact) mass is 420 g/mol. The molecule has 0 heterocycles. The summed E-state index contributed by atoms with van der Waals surface area (Å²) < 4.78 is 9.94. The van der Waals surface area contributed by atoms with E-state index in [2.05, 4.69) is 0 Å². The molecule has 128 valence electrons. The zero-order valence-corrected chi connectivity index (χ0v) is 17.4. The van der Waals surface area contributed by atoms with Gasteiger partial charge in [0.25, 0.3) is 8.89 Å². The minimum absolute atomic E-state index is 0.0441. The van der Waals surface area contributed by atoms with Gasteiger partial charge in [-0.1, -0.05) is 40.9 Å². The van der Waals surface area contributed by atoms with Crippen molar-refractivity contribution in [1.29, 1.82) is 0 Å². The van der Waals surface area contributed by atoms with Crippen LogP contribution < -0.4 is 0 Å². The zero-order chi connectivity index (χ0) is 16.3. The fourth-order valence-corrected chi connectivity index (χ4v) is 9.18. The molecular formula is C12H20O4S6. The van der Waals surface area contributed by atoms with Gasteiger partial charge in [-0.3, -0.25) is 9.59 Å². The van der Waals surface area contributed by atoms with E-state index in [9.17, 15) is 9.59 Å². The summed E-state index contributed by atoms with van der Waals surface area (Å²) in [5.74, 6) is 0. The van der Waals surface area contributed by atoms with Crippen LogP contribution in [-0.4, -0.2) is 26.2 Å². The largest absolute Gasteiger partial charge is 0.308 e. The van der Waals surface area contributed by atoms with Crippen molar-refractivity contribution in [3.8, 4) is 0 Å². The van der Waals surface area contributed by atoms with Gasteiger partial charge in [0.15, 0.2) is 0 Å². The van der Waals surface area contributed by atoms with Crippen LogP contribution in [0.2, 0.25) is 0 Å². The smallest absolute Gasteiger partial charge is 0.283 e. The highest BCUT2D eigenvalue weighted by Crippen LogP contribution is 2.58. The van der Waals surface area contributed by atoms with Crippen LogP contribution in [0.4, 0.5) is 9.59 Å². The molecule has 0 aromatic carbocycles. The molecule has 0 N–H and O–H groups in total. The first-order chi connectivity index (χ1) is 10.6. The Morgan fingerprint density at radius 3 is 1.73 bits per heavy atom. The lowest BCUT2D eigenvalue weighted by Crippen LogP contribution is -2.22. The molecule has 1 rings (SSSR count). The number of carbonyl (C=O) groups is 2. The molecule has 10 heteroatoms. The molecule has 1 fully saturated rings. The first-order valence-electron chi connectivity index (χ1n) is 7.00.